The van der Waals surface area contributed by atoms with Gasteiger partial charge in [0.25, 0.3) is 0 Å². The number of alkyl halides is 1. The zero-order valence-corrected chi connectivity index (χ0v) is 17.7. The van der Waals surface area contributed by atoms with E-state index in [1.165, 1.54) is 28.6 Å². The van der Waals surface area contributed by atoms with Gasteiger partial charge in [-0.1, -0.05) is 0 Å². The molecule has 2 atom stereocenters. The number of hydrogen-bond donors (Lipinski definition) is 0. The number of allylic oxidation sites excluding steroid dienone is 2. The third-order valence-electron chi connectivity index (χ3n) is 5.18. The molecule has 0 saturated heterocycles. The maximum absolute atomic E-state index is 4.73. The van der Waals surface area contributed by atoms with Gasteiger partial charge < -0.3 is 0 Å². The standard InChI is InChI=1S/2C10H9.CH3Cl.CH2.Zr/c2*1-8-6-7-9-4-2-3-5-10(8)9;1-2;;/h2*2-5,7-8H,1H3;1H3;1H2;. The van der Waals surface area contributed by atoms with Crippen molar-refractivity contribution in [3.63, 3.8) is 0 Å². The van der Waals surface area contributed by atoms with Crippen LogP contribution in [0.1, 0.15) is 47.9 Å². The molecule has 2 aliphatic rings. The monoisotopic (exact) mass is 412 g/mol. The molecule has 0 radical (unpaired) electrons. The molecular weight excluding hydrogens is 391 g/mol. The predicted octanol–water partition coefficient (Wildman–Crippen LogP) is 6.21. The molecule has 2 aromatic rings. The van der Waals surface area contributed by atoms with Gasteiger partial charge in [0.05, 0.1) is 0 Å². The van der Waals surface area contributed by atoms with E-state index in [2.05, 4.69) is 86.1 Å². The summed E-state index contributed by atoms with van der Waals surface area (Å²) in [4.78, 5) is 0. The molecule has 2 unspecified atom stereocenters. The molecule has 0 aromatic heterocycles. The Morgan fingerprint density at radius 3 is 1.50 bits per heavy atom. The molecule has 0 spiro atoms. The molecule has 2 aromatic carbocycles. The molecule has 122 valence electrons. The molecule has 4 rings (SSSR count). The molecule has 0 N–H and O–H groups in total. The maximum atomic E-state index is 4.73. The van der Waals surface area contributed by atoms with Crippen LogP contribution in [0, 0.1) is 0 Å². The Labute approximate surface area is 158 Å². The first-order valence-electron chi connectivity index (χ1n) is 8.35. The van der Waals surface area contributed by atoms with Gasteiger partial charge in [0.15, 0.2) is 0 Å². The third-order valence-corrected chi connectivity index (χ3v) is 11.4. The SMILES string of the molecule is CCl.[CH2]=[Zr]([C]1=Cc2ccccc2C1C)[C]1=Cc2ccccc2C1C. The summed E-state index contributed by atoms with van der Waals surface area (Å²) in [5, 5.41) is 0. The average molecular weight is 414 g/mol. The van der Waals surface area contributed by atoms with Crippen molar-refractivity contribution in [3.05, 3.63) is 77.3 Å². The Kier molecular flexibility index (Phi) is 5.53. The zero-order chi connectivity index (χ0) is 17.3. The normalized spacial score (nSPS) is 20.3. The summed E-state index contributed by atoms with van der Waals surface area (Å²) in [6.07, 6.45) is 6.36. The molecule has 0 aliphatic heterocycles. The molecule has 2 aliphatic carbocycles. The van der Waals surface area contributed by atoms with Crippen molar-refractivity contribution < 1.29 is 21.3 Å². The molecule has 2 heteroatoms. The fraction of sp³-hybridized carbons (Fsp3) is 0.227. The van der Waals surface area contributed by atoms with Gasteiger partial charge in [-0.15, -0.1) is 11.6 Å². The summed E-state index contributed by atoms with van der Waals surface area (Å²) in [5.41, 5.74) is 5.80. The number of rotatable bonds is 2. The first kappa shape index (κ1) is 17.8. The second kappa shape index (κ2) is 7.46. The zero-order valence-electron chi connectivity index (χ0n) is 14.5. The van der Waals surface area contributed by atoms with Gasteiger partial charge in [-0.3, -0.25) is 0 Å². The summed E-state index contributed by atoms with van der Waals surface area (Å²) < 4.78 is 8.02. The van der Waals surface area contributed by atoms with Gasteiger partial charge >= 0.3 is 141 Å². The van der Waals surface area contributed by atoms with E-state index in [4.69, 9.17) is 4.21 Å². The average Bonchev–Trinajstić information content (AvgIpc) is 3.15. The number of hydrogen-bond acceptors (Lipinski definition) is 0. The van der Waals surface area contributed by atoms with E-state index in [0.29, 0.717) is 11.8 Å². The molecule has 0 nitrogen and oxygen atoms in total. The Hall–Kier alpha value is -1.04. The van der Waals surface area contributed by atoms with Crippen LogP contribution in [0.5, 0.6) is 0 Å². The van der Waals surface area contributed by atoms with E-state index in [1.807, 2.05) is 0 Å². The van der Waals surface area contributed by atoms with Crippen molar-refractivity contribution in [2.75, 3.05) is 6.38 Å². The van der Waals surface area contributed by atoms with Gasteiger partial charge in [-0.25, -0.2) is 0 Å². The second-order valence-electron chi connectivity index (χ2n) is 6.38. The van der Waals surface area contributed by atoms with Crippen molar-refractivity contribution in [1.82, 2.24) is 0 Å². The Bertz CT molecular complexity index is 775. The molecule has 0 saturated carbocycles. The van der Waals surface area contributed by atoms with Crippen LogP contribution in [0.2, 0.25) is 0 Å². The first-order chi connectivity index (χ1) is 11.7. The van der Waals surface area contributed by atoms with Crippen LogP contribution in [-0.4, -0.2) is 10.6 Å². The number of benzene rings is 2. The number of halogens is 1. The van der Waals surface area contributed by atoms with Gasteiger partial charge in [0.2, 0.25) is 0 Å². The summed E-state index contributed by atoms with van der Waals surface area (Å²) in [6, 6.07) is 17.7. The van der Waals surface area contributed by atoms with E-state index >= 15 is 0 Å². The topological polar surface area (TPSA) is 0 Å². The van der Waals surface area contributed by atoms with Crippen molar-refractivity contribution in [2.45, 2.75) is 25.7 Å². The number of fused-ring (bicyclic) bond motifs is 2. The quantitative estimate of drug-likeness (QED) is 0.513. The van der Waals surface area contributed by atoms with Crippen molar-refractivity contribution in [2.24, 2.45) is 0 Å². The van der Waals surface area contributed by atoms with Gasteiger partial charge in [-0.05, 0) is 0 Å². The molecular formula is C22H23ClZr. The van der Waals surface area contributed by atoms with E-state index in [-0.39, 0.29) is 0 Å². The second-order valence-corrected chi connectivity index (χ2v) is 11.6. The van der Waals surface area contributed by atoms with Crippen molar-refractivity contribution >= 4 is 28.0 Å². The van der Waals surface area contributed by atoms with Crippen LogP contribution in [-0.2, 0) is 21.3 Å². The molecule has 0 heterocycles. The van der Waals surface area contributed by atoms with Crippen molar-refractivity contribution in [1.29, 1.82) is 0 Å². The van der Waals surface area contributed by atoms with Gasteiger partial charge in [-0.2, -0.15) is 0 Å². The molecule has 0 bridgehead atoms. The fourth-order valence-corrected chi connectivity index (χ4v) is 9.63. The van der Waals surface area contributed by atoms with Crippen LogP contribution in [0.15, 0.2) is 55.1 Å². The van der Waals surface area contributed by atoms with Gasteiger partial charge in [0.1, 0.15) is 0 Å². The minimum absolute atomic E-state index is 0.555. The third kappa shape index (κ3) is 2.98. The summed E-state index contributed by atoms with van der Waals surface area (Å²) in [5.74, 6) is 1.11. The van der Waals surface area contributed by atoms with E-state index in [1.54, 1.807) is 6.56 Å². The molecule has 24 heavy (non-hydrogen) atoms. The Balaban J connectivity index is 0.000000815. The van der Waals surface area contributed by atoms with Gasteiger partial charge in [0, 0.05) is 6.38 Å². The van der Waals surface area contributed by atoms with Crippen LogP contribution in [0.3, 0.4) is 0 Å². The summed E-state index contributed by atoms with van der Waals surface area (Å²) in [7, 11) is 0. The first-order valence-corrected chi connectivity index (χ1v) is 13.3. The minimum atomic E-state index is -1.98. The van der Waals surface area contributed by atoms with E-state index in [9.17, 15) is 0 Å². The van der Waals surface area contributed by atoms with Crippen molar-refractivity contribution in [3.8, 4) is 0 Å². The van der Waals surface area contributed by atoms with E-state index in [0.717, 1.165) is 0 Å². The Morgan fingerprint density at radius 1 is 0.750 bits per heavy atom. The predicted molar refractivity (Wildman–Crippen MR) is 105 cm³/mol. The van der Waals surface area contributed by atoms with E-state index < -0.39 is 21.3 Å². The Morgan fingerprint density at radius 2 is 1.12 bits per heavy atom. The fourth-order valence-electron chi connectivity index (χ4n) is 3.86. The summed E-state index contributed by atoms with van der Waals surface area (Å²) in [6.45, 7) is 4.72. The van der Waals surface area contributed by atoms with Crippen LogP contribution in [0.4, 0.5) is 0 Å². The molecule has 0 amide bonds. The van der Waals surface area contributed by atoms with Crippen LogP contribution >= 0.6 is 11.6 Å². The molecule has 0 fully saturated rings. The van der Waals surface area contributed by atoms with Crippen LogP contribution < -0.4 is 0 Å². The summed E-state index contributed by atoms with van der Waals surface area (Å²) >= 11 is 2.66. The van der Waals surface area contributed by atoms with Crippen LogP contribution in [0.25, 0.3) is 12.2 Å².